The van der Waals surface area contributed by atoms with Crippen molar-refractivity contribution < 1.29 is 19.4 Å². The molecule has 0 saturated carbocycles. The molecule has 3 atom stereocenters. The Labute approximate surface area is 103 Å². The van der Waals surface area contributed by atoms with Gasteiger partial charge in [-0.05, 0) is 31.6 Å². The second-order valence-electron chi connectivity index (χ2n) is 4.50. The number of ether oxygens (including phenoxy) is 2. The van der Waals surface area contributed by atoms with Crippen LogP contribution in [0, 0.1) is 11.8 Å². The fourth-order valence-electron chi connectivity index (χ4n) is 1.96. The highest BCUT2D eigenvalue weighted by atomic mass is 16.5. The molecule has 1 aliphatic carbocycles. The van der Waals surface area contributed by atoms with E-state index in [1.807, 2.05) is 0 Å². The summed E-state index contributed by atoms with van der Waals surface area (Å²) in [4.78, 5) is 10.8. The van der Waals surface area contributed by atoms with Crippen LogP contribution in [0.5, 0.6) is 0 Å². The summed E-state index contributed by atoms with van der Waals surface area (Å²) in [5, 5.41) is 8.88. The first kappa shape index (κ1) is 14.2. The zero-order chi connectivity index (χ0) is 12.7. The zero-order valence-corrected chi connectivity index (χ0v) is 10.6. The largest absolute Gasteiger partial charge is 0.479 e. The van der Waals surface area contributed by atoms with E-state index in [1.54, 1.807) is 6.92 Å². The Hall–Kier alpha value is -0.870. The summed E-state index contributed by atoms with van der Waals surface area (Å²) in [5.74, 6) is 0.148. The van der Waals surface area contributed by atoms with Crippen molar-refractivity contribution in [2.75, 3.05) is 19.8 Å². The van der Waals surface area contributed by atoms with Gasteiger partial charge in [0.15, 0.2) is 6.10 Å². The molecule has 4 nitrogen and oxygen atoms in total. The lowest BCUT2D eigenvalue weighted by atomic mass is 9.85. The third-order valence-electron chi connectivity index (χ3n) is 3.16. The minimum Gasteiger partial charge on any atom is -0.479 e. The van der Waals surface area contributed by atoms with E-state index in [0.717, 1.165) is 12.8 Å². The lowest BCUT2D eigenvalue weighted by Crippen LogP contribution is -2.31. The molecule has 0 aliphatic heterocycles. The third kappa shape index (κ3) is 4.88. The number of aliphatic carboxylic acids is 1. The highest BCUT2D eigenvalue weighted by Crippen LogP contribution is 2.25. The van der Waals surface area contributed by atoms with Crippen LogP contribution in [-0.2, 0) is 14.3 Å². The van der Waals surface area contributed by atoms with Crippen LogP contribution in [0.1, 0.15) is 26.7 Å². The van der Waals surface area contributed by atoms with Crippen molar-refractivity contribution in [3.05, 3.63) is 12.2 Å². The van der Waals surface area contributed by atoms with Crippen LogP contribution in [0.3, 0.4) is 0 Å². The Morgan fingerprint density at radius 2 is 2.18 bits per heavy atom. The van der Waals surface area contributed by atoms with E-state index in [9.17, 15) is 4.79 Å². The van der Waals surface area contributed by atoms with Crippen molar-refractivity contribution >= 4 is 5.97 Å². The zero-order valence-electron chi connectivity index (χ0n) is 10.6. The number of carboxylic acids is 1. The van der Waals surface area contributed by atoms with Gasteiger partial charge >= 0.3 is 5.97 Å². The van der Waals surface area contributed by atoms with E-state index in [-0.39, 0.29) is 6.61 Å². The minimum absolute atomic E-state index is 0.135. The maximum atomic E-state index is 10.8. The summed E-state index contributed by atoms with van der Waals surface area (Å²) >= 11 is 0. The third-order valence-corrected chi connectivity index (χ3v) is 3.16. The molecule has 1 N–H and O–H groups in total. The molecule has 1 aliphatic rings. The molecule has 98 valence electrons. The number of hydrogen-bond acceptors (Lipinski definition) is 3. The molecule has 0 fully saturated rings. The van der Waals surface area contributed by atoms with E-state index < -0.39 is 12.1 Å². The Morgan fingerprint density at radius 1 is 1.47 bits per heavy atom. The SMILES string of the molecule is CCOC(COCC1CC=CCC1C)C(=O)O. The van der Waals surface area contributed by atoms with Crippen molar-refractivity contribution in [3.8, 4) is 0 Å². The van der Waals surface area contributed by atoms with Crippen LogP contribution < -0.4 is 0 Å². The van der Waals surface area contributed by atoms with Gasteiger partial charge in [0.2, 0.25) is 0 Å². The van der Waals surface area contributed by atoms with Gasteiger partial charge in [-0.2, -0.15) is 0 Å². The summed E-state index contributed by atoms with van der Waals surface area (Å²) in [7, 11) is 0. The normalized spacial score (nSPS) is 25.8. The molecule has 17 heavy (non-hydrogen) atoms. The lowest BCUT2D eigenvalue weighted by molar-refractivity contribution is -0.154. The summed E-state index contributed by atoms with van der Waals surface area (Å²) < 4.78 is 10.6. The monoisotopic (exact) mass is 242 g/mol. The summed E-state index contributed by atoms with van der Waals surface area (Å²) in [6.45, 7) is 5.13. The van der Waals surface area contributed by atoms with Crippen LogP contribution >= 0.6 is 0 Å². The van der Waals surface area contributed by atoms with Crippen molar-refractivity contribution in [3.63, 3.8) is 0 Å². The molecular weight excluding hydrogens is 220 g/mol. The molecule has 0 bridgehead atoms. The Balaban J connectivity index is 2.25. The predicted molar refractivity (Wildman–Crippen MR) is 64.9 cm³/mol. The molecular formula is C13H22O4. The van der Waals surface area contributed by atoms with Gasteiger partial charge < -0.3 is 14.6 Å². The number of hydrogen-bond donors (Lipinski definition) is 1. The van der Waals surface area contributed by atoms with E-state index in [2.05, 4.69) is 19.1 Å². The summed E-state index contributed by atoms with van der Waals surface area (Å²) in [5.41, 5.74) is 0. The smallest absolute Gasteiger partial charge is 0.335 e. The highest BCUT2D eigenvalue weighted by Gasteiger charge is 2.21. The van der Waals surface area contributed by atoms with E-state index in [0.29, 0.717) is 25.0 Å². The van der Waals surface area contributed by atoms with E-state index in [4.69, 9.17) is 14.6 Å². The van der Waals surface area contributed by atoms with Crippen LogP contribution in [0.25, 0.3) is 0 Å². The Morgan fingerprint density at radius 3 is 2.76 bits per heavy atom. The van der Waals surface area contributed by atoms with Crippen LogP contribution in [-0.4, -0.2) is 37.0 Å². The Kier molecular flexibility index (Phi) is 6.22. The van der Waals surface area contributed by atoms with Crippen LogP contribution in [0.15, 0.2) is 12.2 Å². The number of carboxylic acid groups (broad SMARTS) is 1. The molecule has 3 unspecified atom stereocenters. The molecule has 0 aromatic rings. The number of rotatable bonds is 7. The first-order chi connectivity index (χ1) is 8.15. The molecule has 0 radical (unpaired) electrons. The summed E-state index contributed by atoms with van der Waals surface area (Å²) in [6, 6.07) is 0. The quantitative estimate of drug-likeness (QED) is 0.695. The molecule has 0 spiro atoms. The van der Waals surface area contributed by atoms with Gasteiger partial charge in [0.25, 0.3) is 0 Å². The molecule has 0 saturated heterocycles. The maximum Gasteiger partial charge on any atom is 0.335 e. The van der Waals surface area contributed by atoms with Gasteiger partial charge in [-0.3, -0.25) is 0 Å². The van der Waals surface area contributed by atoms with Gasteiger partial charge in [-0.25, -0.2) is 4.79 Å². The molecule has 0 heterocycles. The topological polar surface area (TPSA) is 55.8 Å². The minimum atomic E-state index is -0.955. The number of carbonyl (C=O) groups is 1. The van der Waals surface area contributed by atoms with Gasteiger partial charge in [-0.15, -0.1) is 0 Å². The van der Waals surface area contributed by atoms with Crippen LogP contribution in [0.4, 0.5) is 0 Å². The van der Waals surface area contributed by atoms with Gasteiger partial charge in [0.05, 0.1) is 13.2 Å². The van der Waals surface area contributed by atoms with Crippen molar-refractivity contribution in [1.82, 2.24) is 0 Å². The first-order valence-corrected chi connectivity index (χ1v) is 6.22. The van der Waals surface area contributed by atoms with E-state index in [1.165, 1.54) is 0 Å². The fourth-order valence-corrected chi connectivity index (χ4v) is 1.96. The highest BCUT2D eigenvalue weighted by molar-refractivity contribution is 5.72. The molecule has 0 aromatic heterocycles. The van der Waals surface area contributed by atoms with Gasteiger partial charge in [0, 0.05) is 6.61 Å². The maximum absolute atomic E-state index is 10.8. The van der Waals surface area contributed by atoms with Crippen molar-refractivity contribution in [1.29, 1.82) is 0 Å². The average molecular weight is 242 g/mol. The predicted octanol–water partition coefficient (Wildman–Crippen LogP) is 2.09. The van der Waals surface area contributed by atoms with E-state index >= 15 is 0 Å². The molecule has 1 rings (SSSR count). The van der Waals surface area contributed by atoms with Crippen molar-refractivity contribution in [2.45, 2.75) is 32.8 Å². The van der Waals surface area contributed by atoms with Gasteiger partial charge in [0.1, 0.15) is 0 Å². The molecule has 0 amide bonds. The standard InChI is InChI=1S/C13H22O4/c1-3-17-12(13(14)15)9-16-8-11-7-5-4-6-10(11)2/h4-5,10-12H,3,6-9H2,1-2H3,(H,14,15). The first-order valence-electron chi connectivity index (χ1n) is 6.22. The number of allylic oxidation sites excluding steroid dienone is 2. The molecule has 0 aromatic carbocycles. The average Bonchev–Trinajstić information content (AvgIpc) is 2.30. The van der Waals surface area contributed by atoms with Gasteiger partial charge in [-0.1, -0.05) is 19.1 Å². The van der Waals surface area contributed by atoms with Crippen LogP contribution in [0.2, 0.25) is 0 Å². The lowest BCUT2D eigenvalue weighted by Gasteiger charge is -2.25. The fraction of sp³-hybridized carbons (Fsp3) is 0.769. The summed E-state index contributed by atoms with van der Waals surface area (Å²) in [6.07, 6.45) is 5.64. The second kappa shape index (κ2) is 7.45. The Bertz CT molecular complexity index is 262. The van der Waals surface area contributed by atoms with Crippen molar-refractivity contribution in [2.24, 2.45) is 11.8 Å². The molecule has 4 heteroatoms. The second-order valence-corrected chi connectivity index (χ2v) is 4.50.